The topological polar surface area (TPSA) is 84.1 Å². The molecule has 0 saturated heterocycles. The number of rotatable bonds is 8. The second-order valence-corrected chi connectivity index (χ2v) is 8.13. The van der Waals surface area contributed by atoms with E-state index in [1.54, 1.807) is 48.5 Å². The lowest BCUT2D eigenvalue weighted by Crippen LogP contribution is -2.49. The van der Waals surface area contributed by atoms with Crippen LogP contribution in [0.15, 0.2) is 88.1 Å². The standard InChI is InChI=1S/C26H23F2N3O4/c1-16(2)22(17-10-12-19(13-11-17)35-26(27)28)24(32)30-31-23(18-7-4-3-5-8-18)29-21(25(31)33)15-20-9-6-14-34-20/h3-16,22,26H,1-2H3,(H,30,32)/b21-15-/t22-/m1/s1. The van der Waals surface area contributed by atoms with Gasteiger partial charge in [0.1, 0.15) is 17.2 Å². The van der Waals surface area contributed by atoms with Crippen LogP contribution in [0.25, 0.3) is 6.08 Å². The quantitative estimate of drug-likeness (QED) is 0.462. The molecule has 3 aromatic rings. The van der Waals surface area contributed by atoms with Gasteiger partial charge in [0.15, 0.2) is 5.84 Å². The first-order valence-corrected chi connectivity index (χ1v) is 10.9. The number of ether oxygens (including phenoxy) is 1. The Labute approximate surface area is 200 Å². The summed E-state index contributed by atoms with van der Waals surface area (Å²) in [4.78, 5) is 31.1. The highest BCUT2D eigenvalue weighted by Crippen LogP contribution is 2.28. The molecule has 0 fully saturated rings. The van der Waals surface area contributed by atoms with Gasteiger partial charge in [-0.25, -0.2) is 4.99 Å². The average molecular weight is 479 g/mol. The van der Waals surface area contributed by atoms with Gasteiger partial charge < -0.3 is 9.15 Å². The maximum Gasteiger partial charge on any atom is 0.387 e. The first kappa shape index (κ1) is 23.9. The second-order valence-electron chi connectivity index (χ2n) is 8.13. The van der Waals surface area contributed by atoms with E-state index in [0.717, 1.165) is 5.01 Å². The van der Waals surface area contributed by atoms with Crippen LogP contribution in [0.5, 0.6) is 5.75 Å². The largest absolute Gasteiger partial charge is 0.465 e. The zero-order valence-corrected chi connectivity index (χ0v) is 19.0. The van der Waals surface area contributed by atoms with Crippen LogP contribution in [-0.4, -0.2) is 29.3 Å². The fourth-order valence-electron chi connectivity index (χ4n) is 3.78. The molecule has 9 heteroatoms. The number of benzene rings is 2. The SMILES string of the molecule is CC(C)[C@@H](C(=O)NN1C(=O)/C(=C/c2ccco2)N=C1c1ccccc1)c1ccc(OC(F)F)cc1. The smallest absolute Gasteiger partial charge is 0.387 e. The highest BCUT2D eigenvalue weighted by molar-refractivity contribution is 6.20. The molecule has 0 aliphatic carbocycles. The Morgan fingerprint density at radius 3 is 2.37 bits per heavy atom. The van der Waals surface area contributed by atoms with E-state index < -0.39 is 24.3 Å². The molecule has 0 saturated carbocycles. The third kappa shape index (κ3) is 5.46. The van der Waals surface area contributed by atoms with Crippen molar-refractivity contribution < 1.29 is 27.5 Å². The summed E-state index contributed by atoms with van der Waals surface area (Å²) in [7, 11) is 0. The Bertz CT molecular complexity index is 1240. The lowest BCUT2D eigenvalue weighted by molar-refractivity contribution is -0.134. The van der Waals surface area contributed by atoms with E-state index in [1.807, 2.05) is 19.9 Å². The Balaban J connectivity index is 1.62. The molecule has 1 aliphatic rings. The number of hydrazine groups is 1. The predicted octanol–water partition coefficient (Wildman–Crippen LogP) is 4.98. The van der Waals surface area contributed by atoms with E-state index in [0.29, 0.717) is 16.9 Å². The van der Waals surface area contributed by atoms with Crippen LogP contribution in [0.1, 0.15) is 36.7 Å². The maximum atomic E-state index is 13.4. The van der Waals surface area contributed by atoms with Gasteiger partial charge in [0.2, 0.25) is 5.91 Å². The summed E-state index contributed by atoms with van der Waals surface area (Å²) >= 11 is 0. The van der Waals surface area contributed by atoms with E-state index in [4.69, 9.17) is 4.42 Å². The molecular weight excluding hydrogens is 456 g/mol. The molecule has 1 N–H and O–H groups in total. The predicted molar refractivity (Wildman–Crippen MR) is 125 cm³/mol. The Morgan fingerprint density at radius 2 is 1.77 bits per heavy atom. The van der Waals surface area contributed by atoms with Gasteiger partial charge in [-0.1, -0.05) is 56.3 Å². The van der Waals surface area contributed by atoms with Crippen molar-refractivity contribution in [2.45, 2.75) is 26.4 Å². The van der Waals surface area contributed by atoms with Crippen molar-refractivity contribution in [3.8, 4) is 5.75 Å². The Morgan fingerprint density at radius 1 is 1.06 bits per heavy atom. The maximum absolute atomic E-state index is 13.4. The molecule has 1 atom stereocenters. The molecule has 7 nitrogen and oxygen atoms in total. The summed E-state index contributed by atoms with van der Waals surface area (Å²) in [6.07, 6.45) is 2.98. The molecule has 0 bridgehead atoms. The summed E-state index contributed by atoms with van der Waals surface area (Å²) in [6, 6.07) is 18.3. The summed E-state index contributed by atoms with van der Waals surface area (Å²) in [5.74, 6) is -1.08. The van der Waals surface area contributed by atoms with E-state index >= 15 is 0 Å². The fraction of sp³-hybridized carbons (Fsp3) is 0.192. The van der Waals surface area contributed by atoms with E-state index in [2.05, 4.69) is 15.2 Å². The summed E-state index contributed by atoms with van der Waals surface area (Å²) in [5.41, 5.74) is 4.04. The minimum atomic E-state index is -2.94. The normalized spacial score (nSPS) is 15.6. The van der Waals surface area contributed by atoms with Gasteiger partial charge in [-0.15, -0.1) is 0 Å². The molecular formula is C26H23F2N3O4. The number of carbonyl (C=O) groups excluding carboxylic acids is 2. The number of amides is 2. The third-order valence-corrected chi connectivity index (χ3v) is 5.35. The van der Waals surface area contributed by atoms with Crippen LogP contribution < -0.4 is 10.2 Å². The number of halogens is 2. The van der Waals surface area contributed by atoms with Gasteiger partial charge in [-0.05, 0) is 35.7 Å². The van der Waals surface area contributed by atoms with Crippen molar-refractivity contribution in [2.75, 3.05) is 0 Å². The van der Waals surface area contributed by atoms with E-state index in [-0.39, 0.29) is 23.2 Å². The van der Waals surface area contributed by atoms with Crippen molar-refractivity contribution in [3.63, 3.8) is 0 Å². The second kappa shape index (κ2) is 10.3. The number of nitrogens with one attached hydrogen (secondary N) is 1. The molecule has 35 heavy (non-hydrogen) atoms. The molecule has 2 heterocycles. The van der Waals surface area contributed by atoms with Crippen LogP contribution in [-0.2, 0) is 9.59 Å². The summed E-state index contributed by atoms with van der Waals surface area (Å²) in [6.45, 7) is 0.771. The van der Waals surface area contributed by atoms with Gasteiger partial charge in [-0.2, -0.15) is 13.8 Å². The van der Waals surface area contributed by atoms with Gasteiger partial charge in [-0.3, -0.25) is 15.0 Å². The van der Waals surface area contributed by atoms with Crippen molar-refractivity contribution in [1.29, 1.82) is 0 Å². The molecule has 2 aromatic carbocycles. The first-order chi connectivity index (χ1) is 16.8. The molecule has 2 amide bonds. The van der Waals surface area contributed by atoms with Crippen LogP contribution >= 0.6 is 0 Å². The molecule has 4 rings (SSSR count). The van der Waals surface area contributed by atoms with Crippen molar-refractivity contribution in [1.82, 2.24) is 10.4 Å². The number of alkyl halides is 2. The molecule has 1 aliphatic heterocycles. The fourth-order valence-corrected chi connectivity index (χ4v) is 3.78. The number of carbonyl (C=O) groups is 2. The summed E-state index contributed by atoms with van der Waals surface area (Å²) < 4.78 is 34.7. The Kier molecular flexibility index (Phi) is 7.05. The minimum absolute atomic E-state index is 0.00686. The number of hydrogen-bond acceptors (Lipinski definition) is 5. The lowest BCUT2D eigenvalue weighted by Gasteiger charge is -2.25. The van der Waals surface area contributed by atoms with Gasteiger partial charge >= 0.3 is 6.61 Å². The van der Waals surface area contributed by atoms with E-state index in [1.165, 1.54) is 24.5 Å². The van der Waals surface area contributed by atoms with Gasteiger partial charge in [0.25, 0.3) is 5.91 Å². The molecule has 0 radical (unpaired) electrons. The molecule has 0 unspecified atom stereocenters. The van der Waals surface area contributed by atoms with Gasteiger partial charge in [0, 0.05) is 11.6 Å². The molecule has 180 valence electrons. The highest BCUT2D eigenvalue weighted by atomic mass is 19.3. The third-order valence-electron chi connectivity index (χ3n) is 5.35. The van der Waals surface area contributed by atoms with Crippen molar-refractivity contribution in [2.24, 2.45) is 10.9 Å². The molecule has 0 spiro atoms. The zero-order valence-electron chi connectivity index (χ0n) is 19.0. The average Bonchev–Trinajstić information content (AvgIpc) is 3.44. The van der Waals surface area contributed by atoms with Crippen LogP contribution in [0.4, 0.5) is 8.78 Å². The Hall–Kier alpha value is -4.27. The number of nitrogens with zero attached hydrogens (tertiary/aromatic N) is 2. The number of furan rings is 1. The highest BCUT2D eigenvalue weighted by Gasteiger charge is 2.35. The van der Waals surface area contributed by atoms with Gasteiger partial charge in [0.05, 0.1) is 12.2 Å². The minimum Gasteiger partial charge on any atom is -0.465 e. The monoisotopic (exact) mass is 479 g/mol. The van der Waals surface area contributed by atoms with E-state index in [9.17, 15) is 18.4 Å². The first-order valence-electron chi connectivity index (χ1n) is 10.9. The zero-order chi connectivity index (χ0) is 24.9. The number of hydrogen-bond donors (Lipinski definition) is 1. The number of aliphatic imine (C=N–C) groups is 1. The number of amidine groups is 1. The summed E-state index contributed by atoms with van der Waals surface area (Å²) in [5, 5.41) is 1.12. The van der Waals surface area contributed by atoms with Crippen LogP contribution in [0.2, 0.25) is 0 Å². The van der Waals surface area contributed by atoms with Crippen LogP contribution in [0, 0.1) is 5.92 Å². The molecule has 1 aromatic heterocycles. The lowest BCUT2D eigenvalue weighted by atomic mass is 9.88. The van der Waals surface area contributed by atoms with Crippen LogP contribution in [0.3, 0.4) is 0 Å². The van der Waals surface area contributed by atoms with Crippen molar-refractivity contribution in [3.05, 3.63) is 95.6 Å². The van der Waals surface area contributed by atoms with Crippen molar-refractivity contribution >= 4 is 23.7 Å².